The third-order valence-electron chi connectivity index (χ3n) is 9.81. The van der Waals surface area contributed by atoms with Gasteiger partial charge in [-0.3, -0.25) is 9.69 Å². The molecule has 0 saturated carbocycles. The van der Waals surface area contributed by atoms with Crippen molar-refractivity contribution in [3.8, 4) is 17.7 Å². The second-order valence-corrected chi connectivity index (χ2v) is 14.4. The summed E-state index contributed by atoms with van der Waals surface area (Å²) < 4.78 is 40.9. The zero-order valence-electron chi connectivity index (χ0n) is 28.7. The molecule has 2 fully saturated rings. The number of likely N-dealkylation sites (tertiary alicyclic amines) is 1. The van der Waals surface area contributed by atoms with Crippen LogP contribution in [0, 0.1) is 11.3 Å². The highest BCUT2D eigenvalue weighted by atomic mass is 32.2. The van der Waals surface area contributed by atoms with Gasteiger partial charge in [0.05, 0.1) is 36.6 Å². The Balaban J connectivity index is 1.39. The standard InChI is InChI=1S/C36H43N7O6S/c1-4-17-40-18-14-27(15-19-40)41-20-22-42(23-21-41)35(45)39-36(28-9-8-16-38-33(28)49-5-2)29-24-26(25-37)12-13-30(29)43(34(36)44)50(46,47)32-11-7-6-10-31(32)48-3/h6-13,16,24,27H,4-5,14-15,17-23H2,1-3H3,(H,39,45). The monoisotopic (exact) mass is 701 g/mol. The van der Waals surface area contributed by atoms with E-state index in [9.17, 15) is 18.5 Å². The molecule has 1 atom stereocenters. The van der Waals surface area contributed by atoms with E-state index in [1.54, 1.807) is 30.0 Å². The van der Waals surface area contributed by atoms with Crippen LogP contribution in [-0.2, 0) is 20.4 Å². The van der Waals surface area contributed by atoms with Gasteiger partial charge in [-0.1, -0.05) is 19.1 Å². The molecule has 0 spiro atoms. The maximum absolute atomic E-state index is 15.1. The number of ether oxygens (including phenoxy) is 2. The fraction of sp³-hybridized carbons (Fsp3) is 0.444. The molecule has 1 aromatic heterocycles. The number of hydrogen-bond donors (Lipinski definition) is 1. The zero-order valence-corrected chi connectivity index (χ0v) is 29.5. The molecule has 13 nitrogen and oxygen atoms in total. The zero-order chi connectivity index (χ0) is 35.5. The van der Waals surface area contributed by atoms with E-state index in [-0.39, 0.29) is 45.5 Å². The van der Waals surface area contributed by atoms with Gasteiger partial charge in [-0.05, 0) is 88.3 Å². The van der Waals surface area contributed by atoms with E-state index in [0.717, 1.165) is 38.9 Å². The summed E-state index contributed by atoms with van der Waals surface area (Å²) in [6.45, 7) is 9.58. The molecule has 1 unspecified atom stereocenters. The van der Waals surface area contributed by atoms with E-state index in [1.165, 1.54) is 49.7 Å². The number of rotatable bonds is 10. The number of nitriles is 1. The van der Waals surface area contributed by atoms with Crippen LogP contribution in [0.5, 0.6) is 11.6 Å². The number of hydrogen-bond acceptors (Lipinski definition) is 10. The summed E-state index contributed by atoms with van der Waals surface area (Å²) >= 11 is 0. The van der Waals surface area contributed by atoms with Crippen molar-refractivity contribution in [2.24, 2.45) is 0 Å². The van der Waals surface area contributed by atoms with Crippen LogP contribution in [0.3, 0.4) is 0 Å². The molecule has 14 heteroatoms. The van der Waals surface area contributed by atoms with Gasteiger partial charge in [0.15, 0.2) is 5.54 Å². The average Bonchev–Trinajstić information content (AvgIpc) is 3.39. The van der Waals surface area contributed by atoms with Crippen molar-refractivity contribution in [3.05, 3.63) is 77.5 Å². The molecule has 2 aromatic carbocycles. The number of carbonyl (C=O) groups is 2. The number of nitrogens with zero attached hydrogens (tertiary/aromatic N) is 6. The Hall–Kier alpha value is -4.71. The Morgan fingerprint density at radius 3 is 2.44 bits per heavy atom. The minimum absolute atomic E-state index is 0.00857. The Bertz CT molecular complexity index is 1880. The number of amides is 3. The van der Waals surface area contributed by atoms with Crippen LogP contribution in [0.2, 0.25) is 0 Å². The molecule has 0 radical (unpaired) electrons. The number of piperazine rings is 1. The highest BCUT2D eigenvalue weighted by molar-refractivity contribution is 7.93. The minimum atomic E-state index is -4.62. The fourth-order valence-electron chi connectivity index (χ4n) is 7.36. The molecule has 0 aliphatic carbocycles. The van der Waals surface area contributed by atoms with Crippen LogP contribution in [0.25, 0.3) is 0 Å². The average molecular weight is 702 g/mol. The minimum Gasteiger partial charge on any atom is -0.495 e. The number of para-hydroxylation sites is 1. The van der Waals surface area contributed by atoms with Gasteiger partial charge in [0.1, 0.15) is 10.6 Å². The molecule has 264 valence electrons. The molecule has 6 rings (SSSR count). The number of aromatic nitrogens is 1. The van der Waals surface area contributed by atoms with Crippen LogP contribution in [0.15, 0.2) is 65.7 Å². The lowest BCUT2D eigenvalue weighted by atomic mass is 9.83. The maximum Gasteiger partial charge on any atom is 0.318 e. The highest BCUT2D eigenvalue weighted by Crippen LogP contribution is 2.49. The van der Waals surface area contributed by atoms with Gasteiger partial charge in [0.25, 0.3) is 15.9 Å². The molecule has 3 aromatic rings. The van der Waals surface area contributed by atoms with Crippen molar-refractivity contribution in [3.63, 3.8) is 0 Å². The quantitative estimate of drug-likeness (QED) is 0.333. The summed E-state index contributed by atoms with van der Waals surface area (Å²) in [6, 6.07) is 15.5. The third-order valence-corrected chi connectivity index (χ3v) is 11.5. The Kier molecular flexibility index (Phi) is 10.3. The van der Waals surface area contributed by atoms with Crippen LogP contribution in [0.4, 0.5) is 10.5 Å². The summed E-state index contributed by atoms with van der Waals surface area (Å²) in [5.41, 5.74) is -1.69. The first kappa shape index (κ1) is 35.1. The van der Waals surface area contributed by atoms with Crippen molar-refractivity contribution in [2.45, 2.75) is 49.6 Å². The van der Waals surface area contributed by atoms with E-state index in [2.05, 4.69) is 33.1 Å². The fourth-order valence-corrected chi connectivity index (χ4v) is 8.99. The molecule has 0 bridgehead atoms. The highest BCUT2D eigenvalue weighted by Gasteiger charge is 2.59. The van der Waals surface area contributed by atoms with Gasteiger partial charge in [-0.2, -0.15) is 9.57 Å². The summed E-state index contributed by atoms with van der Waals surface area (Å²) in [6.07, 6.45) is 4.80. The van der Waals surface area contributed by atoms with Gasteiger partial charge in [-0.25, -0.2) is 18.2 Å². The number of sulfonamides is 1. The second kappa shape index (κ2) is 14.6. The molecule has 2 saturated heterocycles. The van der Waals surface area contributed by atoms with Crippen LogP contribution in [-0.4, -0.2) is 106 Å². The molecule has 4 heterocycles. The van der Waals surface area contributed by atoms with Gasteiger partial charge in [0.2, 0.25) is 5.88 Å². The first-order valence-corrected chi connectivity index (χ1v) is 18.5. The number of nitrogens with one attached hydrogen (secondary N) is 1. The van der Waals surface area contributed by atoms with Gasteiger partial charge in [0, 0.05) is 44.0 Å². The van der Waals surface area contributed by atoms with Crippen LogP contribution in [0.1, 0.15) is 49.8 Å². The number of fused-ring (bicyclic) bond motifs is 1. The van der Waals surface area contributed by atoms with Crippen molar-refractivity contribution in [1.29, 1.82) is 5.26 Å². The topological polar surface area (TPSA) is 148 Å². The Morgan fingerprint density at radius 1 is 1.02 bits per heavy atom. The number of pyridine rings is 1. The van der Waals surface area contributed by atoms with E-state index >= 15 is 4.79 Å². The van der Waals surface area contributed by atoms with Crippen molar-refractivity contribution in [2.75, 3.05) is 63.8 Å². The van der Waals surface area contributed by atoms with E-state index < -0.39 is 27.5 Å². The van der Waals surface area contributed by atoms with Crippen molar-refractivity contribution >= 4 is 27.6 Å². The van der Waals surface area contributed by atoms with E-state index in [1.807, 2.05) is 0 Å². The van der Waals surface area contributed by atoms with Crippen LogP contribution < -0.4 is 19.1 Å². The Morgan fingerprint density at radius 2 is 1.76 bits per heavy atom. The lowest BCUT2D eigenvalue weighted by Crippen LogP contribution is -2.61. The third kappa shape index (κ3) is 6.25. The molecular weight excluding hydrogens is 659 g/mol. The molecule has 1 N–H and O–H groups in total. The van der Waals surface area contributed by atoms with Gasteiger partial charge in [-0.15, -0.1) is 0 Å². The molecule has 3 amide bonds. The second-order valence-electron chi connectivity index (χ2n) is 12.6. The largest absolute Gasteiger partial charge is 0.495 e. The maximum atomic E-state index is 15.1. The predicted octanol–water partition coefficient (Wildman–Crippen LogP) is 3.54. The number of methoxy groups -OCH3 is 1. The normalized spacial score (nSPS) is 20.3. The lowest BCUT2D eigenvalue weighted by Gasteiger charge is -2.43. The van der Waals surface area contributed by atoms with Gasteiger partial charge >= 0.3 is 6.03 Å². The SMILES string of the molecule is CCCN1CCC(N2CCN(C(=O)NC3(c4cccnc4OCC)C(=O)N(S(=O)(=O)c4ccccc4OC)c4ccc(C#N)cc43)CC2)CC1. The van der Waals surface area contributed by atoms with Crippen molar-refractivity contribution < 1.29 is 27.5 Å². The first-order chi connectivity index (χ1) is 24.2. The molecule has 50 heavy (non-hydrogen) atoms. The summed E-state index contributed by atoms with van der Waals surface area (Å²) in [5.74, 6) is -0.872. The molecule has 3 aliphatic heterocycles. The number of piperidine rings is 1. The lowest BCUT2D eigenvalue weighted by molar-refractivity contribution is -0.121. The predicted molar refractivity (Wildman–Crippen MR) is 186 cm³/mol. The van der Waals surface area contributed by atoms with E-state index in [4.69, 9.17) is 9.47 Å². The number of benzene rings is 2. The molecular formula is C36H43N7O6S. The van der Waals surface area contributed by atoms with E-state index in [0.29, 0.717) is 36.5 Å². The number of carbonyl (C=O) groups excluding carboxylic acids is 2. The summed E-state index contributed by atoms with van der Waals surface area (Å²) in [4.78, 5) is 40.2. The molecule has 3 aliphatic rings. The van der Waals surface area contributed by atoms with Crippen molar-refractivity contribution in [1.82, 2.24) is 25.0 Å². The van der Waals surface area contributed by atoms with Crippen LogP contribution >= 0.6 is 0 Å². The smallest absolute Gasteiger partial charge is 0.318 e. The summed E-state index contributed by atoms with van der Waals surface area (Å²) in [7, 11) is -3.27. The van der Waals surface area contributed by atoms with Gasteiger partial charge < -0.3 is 24.6 Å². The number of urea groups is 1. The first-order valence-electron chi connectivity index (χ1n) is 17.1. The number of anilines is 1. The summed E-state index contributed by atoms with van der Waals surface area (Å²) in [5, 5.41) is 12.9. The Labute approximate surface area is 293 Å².